The Kier molecular flexibility index (Phi) is 1.98. The summed E-state index contributed by atoms with van der Waals surface area (Å²) in [5, 5.41) is 0. The molecule has 0 aliphatic carbocycles. The maximum atomic E-state index is 11.4. The second kappa shape index (κ2) is 3.34. The Morgan fingerprint density at radius 2 is 2.40 bits per heavy atom. The molecule has 0 saturated carbocycles. The summed E-state index contributed by atoms with van der Waals surface area (Å²) >= 11 is 0. The van der Waals surface area contributed by atoms with Gasteiger partial charge in [-0.25, -0.2) is 4.98 Å². The van der Waals surface area contributed by atoms with Gasteiger partial charge in [-0.15, -0.1) is 0 Å². The van der Waals surface area contributed by atoms with E-state index >= 15 is 0 Å². The first-order chi connectivity index (χ1) is 7.34. The highest BCUT2D eigenvalue weighted by atomic mass is 16.5. The average Bonchev–Trinajstić information content (AvgIpc) is 2.84. The van der Waals surface area contributed by atoms with Crippen LogP contribution >= 0.6 is 0 Å². The predicted octanol–water partition coefficient (Wildman–Crippen LogP) is 0.0142. The Hall–Kier alpha value is -1.36. The molecular formula is C10H13N3O2. The van der Waals surface area contributed by atoms with Crippen molar-refractivity contribution in [2.45, 2.75) is 25.6 Å². The zero-order valence-corrected chi connectivity index (χ0v) is 8.43. The molecule has 1 aromatic heterocycles. The predicted molar refractivity (Wildman–Crippen MR) is 52.0 cm³/mol. The average molecular weight is 207 g/mol. The fourth-order valence-electron chi connectivity index (χ4n) is 2.28. The molecule has 80 valence electrons. The number of nitrogens with zero attached hydrogens (tertiary/aromatic N) is 3. The summed E-state index contributed by atoms with van der Waals surface area (Å²) in [6, 6.07) is -0.0459. The molecule has 3 heterocycles. The lowest BCUT2D eigenvalue weighted by atomic mass is 10.2. The van der Waals surface area contributed by atoms with Crippen LogP contribution in [-0.2, 0) is 22.6 Å². The minimum atomic E-state index is -0.0741. The summed E-state index contributed by atoms with van der Waals surface area (Å²) in [5.41, 5.74) is 0. The van der Waals surface area contributed by atoms with Gasteiger partial charge in [0.25, 0.3) is 0 Å². The molecule has 3 rings (SSSR count). The van der Waals surface area contributed by atoms with Gasteiger partial charge in [0.2, 0.25) is 0 Å². The molecule has 5 nitrogen and oxygen atoms in total. The molecule has 5 heteroatoms. The van der Waals surface area contributed by atoms with Gasteiger partial charge in [-0.05, 0) is 0 Å². The number of hydrogen-bond donors (Lipinski definition) is 0. The van der Waals surface area contributed by atoms with Crippen LogP contribution in [-0.4, -0.2) is 39.6 Å². The third-order valence-electron chi connectivity index (χ3n) is 3.12. The topological polar surface area (TPSA) is 47.4 Å². The number of aromatic nitrogens is 2. The highest BCUT2D eigenvalue weighted by Gasteiger charge is 2.34. The van der Waals surface area contributed by atoms with Crippen molar-refractivity contribution in [2.24, 2.45) is 0 Å². The second-order valence-electron chi connectivity index (χ2n) is 3.98. The van der Waals surface area contributed by atoms with Crippen LogP contribution in [0.15, 0.2) is 12.4 Å². The molecule has 2 aliphatic heterocycles. The van der Waals surface area contributed by atoms with Crippen molar-refractivity contribution in [1.82, 2.24) is 14.5 Å². The summed E-state index contributed by atoms with van der Waals surface area (Å²) in [4.78, 5) is 17.9. The first kappa shape index (κ1) is 8.91. The molecule has 2 aliphatic rings. The fraction of sp³-hybridized carbons (Fsp3) is 0.600. The van der Waals surface area contributed by atoms with E-state index in [0.29, 0.717) is 6.61 Å². The van der Waals surface area contributed by atoms with E-state index in [1.807, 2.05) is 12.4 Å². The number of imidazole rings is 1. The smallest absolute Gasteiger partial charge is 0.323 e. The molecule has 0 amide bonds. The molecule has 1 saturated heterocycles. The SMILES string of the molecule is O=C1OCCC1N1CCn2ccnc2C1. The number of hydrogen-bond acceptors (Lipinski definition) is 4. The van der Waals surface area contributed by atoms with Crippen LogP contribution in [0, 0.1) is 0 Å². The van der Waals surface area contributed by atoms with Gasteiger partial charge in [-0.1, -0.05) is 0 Å². The van der Waals surface area contributed by atoms with Gasteiger partial charge in [0, 0.05) is 31.9 Å². The summed E-state index contributed by atoms with van der Waals surface area (Å²) in [6.45, 7) is 3.14. The zero-order valence-electron chi connectivity index (χ0n) is 8.43. The van der Waals surface area contributed by atoms with Gasteiger partial charge < -0.3 is 9.30 Å². The molecule has 1 aromatic rings. The van der Waals surface area contributed by atoms with Gasteiger partial charge in [-0.2, -0.15) is 0 Å². The minimum absolute atomic E-state index is 0.0459. The van der Waals surface area contributed by atoms with E-state index in [9.17, 15) is 4.79 Å². The van der Waals surface area contributed by atoms with Crippen LogP contribution in [0.4, 0.5) is 0 Å². The Morgan fingerprint density at radius 3 is 3.20 bits per heavy atom. The molecule has 0 aromatic carbocycles. The Morgan fingerprint density at radius 1 is 1.47 bits per heavy atom. The van der Waals surface area contributed by atoms with Crippen molar-refractivity contribution in [2.75, 3.05) is 13.2 Å². The van der Waals surface area contributed by atoms with Crippen molar-refractivity contribution < 1.29 is 9.53 Å². The minimum Gasteiger partial charge on any atom is -0.464 e. The summed E-state index contributed by atoms with van der Waals surface area (Å²) < 4.78 is 7.12. The maximum Gasteiger partial charge on any atom is 0.323 e. The lowest BCUT2D eigenvalue weighted by molar-refractivity contribution is -0.142. The summed E-state index contributed by atoms with van der Waals surface area (Å²) in [5.74, 6) is 0.968. The van der Waals surface area contributed by atoms with Crippen molar-refractivity contribution >= 4 is 5.97 Å². The molecule has 15 heavy (non-hydrogen) atoms. The highest BCUT2D eigenvalue weighted by molar-refractivity contribution is 5.77. The Labute approximate surface area is 87.6 Å². The van der Waals surface area contributed by atoms with E-state index in [0.717, 1.165) is 31.9 Å². The third kappa shape index (κ3) is 1.43. The normalized spacial score (nSPS) is 26.4. The number of esters is 1. The molecule has 1 fully saturated rings. The first-order valence-corrected chi connectivity index (χ1v) is 5.25. The number of rotatable bonds is 1. The molecular weight excluding hydrogens is 194 g/mol. The van der Waals surface area contributed by atoms with Crippen molar-refractivity contribution in [3.05, 3.63) is 18.2 Å². The van der Waals surface area contributed by atoms with Gasteiger partial charge in [-0.3, -0.25) is 9.69 Å². The van der Waals surface area contributed by atoms with Gasteiger partial charge >= 0.3 is 5.97 Å². The lowest BCUT2D eigenvalue weighted by Gasteiger charge is -2.30. The van der Waals surface area contributed by atoms with Crippen LogP contribution in [0.25, 0.3) is 0 Å². The number of carbonyl (C=O) groups is 1. The van der Waals surface area contributed by atoms with Gasteiger partial charge in [0.05, 0.1) is 13.2 Å². The van der Waals surface area contributed by atoms with Gasteiger partial charge in [0.1, 0.15) is 11.9 Å². The van der Waals surface area contributed by atoms with E-state index in [1.54, 1.807) is 0 Å². The molecule has 0 N–H and O–H groups in total. The fourth-order valence-corrected chi connectivity index (χ4v) is 2.28. The summed E-state index contributed by atoms with van der Waals surface area (Å²) in [6.07, 6.45) is 4.62. The van der Waals surface area contributed by atoms with E-state index in [1.165, 1.54) is 0 Å². The van der Waals surface area contributed by atoms with Crippen LogP contribution in [0.3, 0.4) is 0 Å². The highest BCUT2D eigenvalue weighted by Crippen LogP contribution is 2.19. The standard InChI is InChI=1S/C10H13N3O2/c14-10-8(1-6-15-10)13-5-4-12-3-2-11-9(12)7-13/h2-3,8H,1,4-7H2. The van der Waals surface area contributed by atoms with E-state index < -0.39 is 0 Å². The van der Waals surface area contributed by atoms with E-state index in [2.05, 4.69) is 14.5 Å². The van der Waals surface area contributed by atoms with Crippen molar-refractivity contribution in [1.29, 1.82) is 0 Å². The van der Waals surface area contributed by atoms with Crippen LogP contribution in [0.5, 0.6) is 0 Å². The molecule has 0 spiro atoms. The Bertz CT molecular complexity index is 388. The molecule has 1 unspecified atom stereocenters. The molecule has 0 radical (unpaired) electrons. The van der Waals surface area contributed by atoms with E-state index in [4.69, 9.17) is 4.74 Å². The quantitative estimate of drug-likeness (QED) is 0.609. The Balaban J connectivity index is 1.78. The number of ether oxygens (including phenoxy) is 1. The van der Waals surface area contributed by atoms with Crippen LogP contribution in [0.1, 0.15) is 12.2 Å². The van der Waals surface area contributed by atoms with Crippen LogP contribution < -0.4 is 0 Å². The second-order valence-corrected chi connectivity index (χ2v) is 3.98. The monoisotopic (exact) mass is 207 g/mol. The first-order valence-electron chi connectivity index (χ1n) is 5.25. The largest absolute Gasteiger partial charge is 0.464 e. The van der Waals surface area contributed by atoms with Gasteiger partial charge in [0.15, 0.2) is 0 Å². The molecule has 1 atom stereocenters. The van der Waals surface area contributed by atoms with Crippen molar-refractivity contribution in [3.63, 3.8) is 0 Å². The van der Waals surface area contributed by atoms with Crippen LogP contribution in [0.2, 0.25) is 0 Å². The number of carbonyl (C=O) groups excluding carboxylic acids is 1. The third-order valence-corrected chi connectivity index (χ3v) is 3.12. The van der Waals surface area contributed by atoms with E-state index in [-0.39, 0.29) is 12.0 Å². The summed E-state index contributed by atoms with van der Waals surface area (Å²) in [7, 11) is 0. The maximum absolute atomic E-state index is 11.4. The molecule has 0 bridgehead atoms. The zero-order chi connectivity index (χ0) is 10.3. The number of fused-ring (bicyclic) bond motifs is 1. The van der Waals surface area contributed by atoms with Crippen molar-refractivity contribution in [3.8, 4) is 0 Å². The number of cyclic esters (lactones) is 1. The lowest BCUT2D eigenvalue weighted by Crippen LogP contribution is -2.43.